The minimum atomic E-state index is 0.465. The van der Waals surface area contributed by atoms with E-state index in [0.29, 0.717) is 11.7 Å². The molecule has 1 atom stereocenters. The van der Waals surface area contributed by atoms with Gasteiger partial charge in [-0.3, -0.25) is 0 Å². The van der Waals surface area contributed by atoms with Crippen molar-refractivity contribution in [1.29, 1.82) is 0 Å². The molecule has 1 aromatic heterocycles. The fourth-order valence-electron chi connectivity index (χ4n) is 2.01. The van der Waals surface area contributed by atoms with E-state index in [-0.39, 0.29) is 0 Å². The summed E-state index contributed by atoms with van der Waals surface area (Å²) in [6, 6.07) is 12.0. The average Bonchev–Trinajstić information content (AvgIpc) is 2.73. The molecule has 0 saturated heterocycles. The molecule has 3 nitrogen and oxygen atoms in total. The monoisotopic (exact) mass is 229 g/mol. The average molecular weight is 229 g/mol. The number of nitrogens with two attached hydrogens (primary N) is 1. The van der Waals surface area contributed by atoms with Crippen LogP contribution in [0.25, 0.3) is 5.69 Å². The second-order valence-electron chi connectivity index (χ2n) is 4.43. The minimum absolute atomic E-state index is 0.465. The van der Waals surface area contributed by atoms with E-state index in [9.17, 15) is 0 Å². The molecule has 2 rings (SSSR count). The van der Waals surface area contributed by atoms with Gasteiger partial charge in [0.15, 0.2) is 0 Å². The highest BCUT2D eigenvalue weighted by atomic mass is 15.3. The van der Waals surface area contributed by atoms with Gasteiger partial charge >= 0.3 is 0 Å². The first-order valence-electron chi connectivity index (χ1n) is 6.13. The van der Waals surface area contributed by atoms with Crippen molar-refractivity contribution in [3.63, 3.8) is 0 Å². The van der Waals surface area contributed by atoms with Crippen LogP contribution in [0.3, 0.4) is 0 Å². The van der Waals surface area contributed by atoms with Gasteiger partial charge in [0.2, 0.25) is 0 Å². The minimum Gasteiger partial charge on any atom is -0.384 e. The van der Waals surface area contributed by atoms with Gasteiger partial charge in [-0.1, -0.05) is 38.5 Å². The number of para-hydroxylation sites is 1. The van der Waals surface area contributed by atoms with Crippen molar-refractivity contribution >= 4 is 5.82 Å². The van der Waals surface area contributed by atoms with Crippen LogP contribution in [-0.4, -0.2) is 9.78 Å². The zero-order valence-electron chi connectivity index (χ0n) is 10.4. The van der Waals surface area contributed by atoms with Crippen LogP contribution < -0.4 is 5.73 Å². The van der Waals surface area contributed by atoms with Gasteiger partial charge in [0, 0.05) is 12.0 Å². The lowest BCUT2D eigenvalue weighted by molar-refractivity contribution is 0.637. The Morgan fingerprint density at radius 1 is 1.29 bits per heavy atom. The van der Waals surface area contributed by atoms with E-state index < -0.39 is 0 Å². The van der Waals surface area contributed by atoms with Crippen molar-refractivity contribution in [3.05, 3.63) is 42.1 Å². The highest BCUT2D eigenvalue weighted by Crippen LogP contribution is 2.23. The molecule has 3 heteroatoms. The third-order valence-corrected chi connectivity index (χ3v) is 2.98. The standard InChI is InChI=1S/C14H19N3/c1-3-7-11(2)13-10-14(15)17(16-13)12-8-5-4-6-9-12/h4-6,8-11H,3,7,15H2,1-2H3. The van der Waals surface area contributed by atoms with Crippen molar-refractivity contribution in [2.24, 2.45) is 0 Å². The number of benzene rings is 1. The largest absolute Gasteiger partial charge is 0.384 e. The van der Waals surface area contributed by atoms with Crippen molar-refractivity contribution in [2.45, 2.75) is 32.6 Å². The first-order chi connectivity index (χ1) is 8.22. The molecule has 0 fully saturated rings. The molecule has 17 heavy (non-hydrogen) atoms. The molecule has 0 saturated carbocycles. The SMILES string of the molecule is CCCC(C)c1cc(N)n(-c2ccccc2)n1. The Hall–Kier alpha value is -1.77. The molecule has 0 bridgehead atoms. The summed E-state index contributed by atoms with van der Waals surface area (Å²) < 4.78 is 1.81. The number of nitrogens with zero attached hydrogens (tertiary/aromatic N) is 2. The number of hydrogen-bond acceptors (Lipinski definition) is 2. The van der Waals surface area contributed by atoms with E-state index in [0.717, 1.165) is 17.8 Å². The van der Waals surface area contributed by atoms with Gasteiger partial charge in [-0.15, -0.1) is 0 Å². The summed E-state index contributed by atoms with van der Waals surface area (Å²) in [6.45, 7) is 4.38. The van der Waals surface area contributed by atoms with Crippen molar-refractivity contribution in [2.75, 3.05) is 5.73 Å². The van der Waals surface area contributed by atoms with Gasteiger partial charge in [0.1, 0.15) is 5.82 Å². The molecule has 0 spiro atoms. The molecule has 0 aliphatic heterocycles. The second-order valence-corrected chi connectivity index (χ2v) is 4.43. The van der Waals surface area contributed by atoms with Crippen molar-refractivity contribution in [1.82, 2.24) is 9.78 Å². The van der Waals surface area contributed by atoms with Gasteiger partial charge in [-0.25, -0.2) is 4.68 Å². The molecular weight excluding hydrogens is 210 g/mol. The van der Waals surface area contributed by atoms with Gasteiger partial charge in [-0.2, -0.15) is 5.10 Å². The lowest BCUT2D eigenvalue weighted by Gasteiger charge is -2.06. The number of rotatable bonds is 4. The van der Waals surface area contributed by atoms with Gasteiger partial charge < -0.3 is 5.73 Å². The van der Waals surface area contributed by atoms with Crippen LogP contribution in [0.15, 0.2) is 36.4 Å². The summed E-state index contributed by atoms with van der Waals surface area (Å²) in [6.07, 6.45) is 2.31. The van der Waals surface area contributed by atoms with Crippen molar-refractivity contribution in [3.8, 4) is 5.69 Å². The molecule has 2 aromatic rings. The molecule has 1 unspecified atom stereocenters. The number of hydrogen-bond donors (Lipinski definition) is 1. The van der Waals surface area contributed by atoms with E-state index >= 15 is 0 Å². The highest BCUT2D eigenvalue weighted by Gasteiger charge is 2.12. The quantitative estimate of drug-likeness (QED) is 0.873. The summed E-state index contributed by atoms with van der Waals surface area (Å²) in [5.74, 6) is 1.17. The zero-order chi connectivity index (χ0) is 12.3. The van der Waals surface area contributed by atoms with Crippen LogP contribution in [0.1, 0.15) is 38.3 Å². The summed E-state index contributed by atoms with van der Waals surface area (Å²) in [4.78, 5) is 0. The summed E-state index contributed by atoms with van der Waals surface area (Å²) in [7, 11) is 0. The fourth-order valence-corrected chi connectivity index (χ4v) is 2.01. The third kappa shape index (κ3) is 2.49. The Bertz CT molecular complexity index is 473. The smallest absolute Gasteiger partial charge is 0.127 e. The van der Waals surface area contributed by atoms with Gasteiger partial charge in [-0.05, 0) is 18.6 Å². The molecule has 1 heterocycles. The lowest BCUT2D eigenvalue weighted by Crippen LogP contribution is -2.02. The van der Waals surface area contributed by atoms with E-state index in [1.165, 1.54) is 6.42 Å². The van der Waals surface area contributed by atoms with Crippen LogP contribution in [0.5, 0.6) is 0 Å². The molecule has 2 N–H and O–H groups in total. The molecule has 0 radical (unpaired) electrons. The van der Waals surface area contributed by atoms with Crippen LogP contribution in [0, 0.1) is 0 Å². The Morgan fingerprint density at radius 2 is 2.00 bits per heavy atom. The maximum absolute atomic E-state index is 6.01. The Balaban J connectivity index is 2.31. The fraction of sp³-hybridized carbons (Fsp3) is 0.357. The topological polar surface area (TPSA) is 43.8 Å². The lowest BCUT2D eigenvalue weighted by atomic mass is 10.0. The van der Waals surface area contributed by atoms with Crippen LogP contribution in [0.2, 0.25) is 0 Å². The van der Waals surface area contributed by atoms with E-state index in [1.54, 1.807) is 0 Å². The molecule has 0 amide bonds. The van der Waals surface area contributed by atoms with E-state index in [1.807, 2.05) is 41.1 Å². The normalized spacial score (nSPS) is 12.6. The zero-order valence-corrected chi connectivity index (χ0v) is 10.4. The molecular formula is C14H19N3. The van der Waals surface area contributed by atoms with Crippen molar-refractivity contribution < 1.29 is 0 Å². The molecule has 90 valence electrons. The number of aromatic nitrogens is 2. The maximum Gasteiger partial charge on any atom is 0.127 e. The summed E-state index contributed by atoms with van der Waals surface area (Å²) in [5, 5.41) is 4.59. The molecule has 0 aliphatic carbocycles. The van der Waals surface area contributed by atoms with E-state index in [4.69, 9.17) is 5.73 Å². The summed E-state index contributed by atoms with van der Waals surface area (Å²) in [5.41, 5.74) is 8.10. The highest BCUT2D eigenvalue weighted by molar-refractivity contribution is 5.43. The Kier molecular flexibility index (Phi) is 3.47. The molecule has 0 aliphatic rings. The first-order valence-corrected chi connectivity index (χ1v) is 6.13. The second kappa shape index (κ2) is 5.04. The van der Waals surface area contributed by atoms with Crippen LogP contribution in [0.4, 0.5) is 5.82 Å². The van der Waals surface area contributed by atoms with Crippen LogP contribution in [-0.2, 0) is 0 Å². The molecule has 1 aromatic carbocycles. The first kappa shape index (κ1) is 11.7. The van der Waals surface area contributed by atoms with E-state index in [2.05, 4.69) is 18.9 Å². The predicted molar refractivity (Wildman–Crippen MR) is 71.3 cm³/mol. The maximum atomic E-state index is 6.01. The summed E-state index contributed by atoms with van der Waals surface area (Å²) >= 11 is 0. The Morgan fingerprint density at radius 3 is 2.65 bits per heavy atom. The number of anilines is 1. The van der Waals surface area contributed by atoms with Gasteiger partial charge in [0.05, 0.1) is 11.4 Å². The van der Waals surface area contributed by atoms with Crippen LogP contribution >= 0.6 is 0 Å². The third-order valence-electron chi connectivity index (χ3n) is 2.98. The Labute approximate surface area is 102 Å². The van der Waals surface area contributed by atoms with Gasteiger partial charge in [0.25, 0.3) is 0 Å². The predicted octanol–water partition coefficient (Wildman–Crippen LogP) is 3.36. The number of nitrogen functional groups attached to an aromatic ring is 1.